The quantitative estimate of drug-likeness (QED) is 0.838. The summed E-state index contributed by atoms with van der Waals surface area (Å²) >= 11 is 10.8. The van der Waals surface area contributed by atoms with Crippen molar-refractivity contribution in [2.75, 3.05) is 5.32 Å². The Kier molecular flexibility index (Phi) is 5.14. The maximum Gasteiger partial charge on any atom is 0.412 e. The summed E-state index contributed by atoms with van der Waals surface area (Å²) in [6.07, 6.45) is -0.156. The smallest absolute Gasteiger partial charge is 0.412 e. The maximum absolute atomic E-state index is 11.7. The third kappa shape index (κ3) is 5.89. The summed E-state index contributed by atoms with van der Waals surface area (Å²) in [7, 11) is 0. The molecule has 19 heavy (non-hydrogen) atoms. The first-order valence-corrected chi connectivity index (χ1v) is 6.53. The zero-order valence-electron chi connectivity index (χ0n) is 11.1. The number of hydrogen-bond acceptors (Lipinski definition) is 3. The summed E-state index contributed by atoms with van der Waals surface area (Å²) in [6.45, 7) is 5.38. The first-order chi connectivity index (χ1) is 8.67. The van der Waals surface area contributed by atoms with Crippen LogP contribution in [0, 0.1) is 0 Å². The van der Waals surface area contributed by atoms with E-state index in [9.17, 15) is 4.79 Å². The molecule has 3 N–H and O–H groups in total. The van der Waals surface area contributed by atoms with Crippen LogP contribution in [0.25, 0.3) is 0 Å². The number of nitrogens with two attached hydrogens (primary N) is 1. The van der Waals surface area contributed by atoms with Crippen LogP contribution in [-0.2, 0) is 11.2 Å². The number of carbonyl (C=O) groups is 1. The third-order valence-electron chi connectivity index (χ3n) is 2.07. The molecule has 0 fully saturated rings. The minimum atomic E-state index is -0.564. The van der Waals surface area contributed by atoms with Crippen LogP contribution in [0.1, 0.15) is 26.3 Å². The van der Waals surface area contributed by atoms with Gasteiger partial charge in [0.1, 0.15) is 5.60 Å². The van der Waals surface area contributed by atoms with Gasteiger partial charge in [0.05, 0.1) is 4.99 Å². The number of hydrogen-bond donors (Lipinski definition) is 2. The molecule has 0 saturated carbocycles. The van der Waals surface area contributed by atoms with E-state index < -0.39 is 11.7 Å². The predicted octanol–water partition coefficient (Wildman–Crippen LogP) is 3.52. The van der Waals surface area contributed by atoms with Crippen LogP contribution in [0.4, 0.5) is 10.5 Å². The van der Waals surface area contributed by atoms with E-state index in [1.807, 2.05) is 0 Å². The highest BCUT2D eigenvalue weighted by molar-refractivity contribution is 7.80. The molecule has 4 nitrogen and oxygen atoms in total. The second-order valence-electron chi connectivity index (χ2n) is 5.07. The first-order valence-electron chi connectivity index (χ1n) is 5.74. The average molecular weight is 301 g/mol. The lowest BCUT2D eigenvalue weighted by Crippen LogP contribution is -2.27. The number of ether oxygens (including phenoxy) is 1. The molecule has 0 aliphatic heterocycles. The Morgan fingerprint density at radius 3 is 2.63 bits per heavy atom. The van der Waals surface area contributed by atoms with Crippen molar-refractivity contribution >= 4 is 40.6 Å². The Balaban J connectivity index is 2.89. The lowest BCUT2D eigenvalue weighted by Gasteiger charge is -2.20. The molecule has 0 aliphatic rings. The fraction of sp³-hybridized carbons (Fsp3) is 0.385. The van der Waals surface area contributed by atoms with Gasteiger partial charge in [-0.2, -0.15) is 0 Å². The number of thiocarbonyl (C=S) groups is 1. The van der Waals surface area contributed by atoms with Crippen LogP contribution in [0.5, 0.6) is 0 Å². The standard InChI is InChI=1S/C13H17ClN2O2S/c1-13(2,3)18-12(17)16-10-7-9(14)5-4-8(10)6-11(15)19/h4-5,7H,6H2,1-3H3,(H2,15,19)(H,16,17). The van der Waals surface area contributed by atoms with Gasteiger partial charge in [-0.15, -0.1) is 0 Å². The van der Waals surface area contributed by atoms with Gasteiger partial charge in [-0.25, -0.2) is 4.79 Å². The number of amides is 1. The molecule has 0 spiro atoms. The molecule has 6 heteroatoms. The number of benzene rings is 1. The molecular weight excluding hydrogens is 284 g/mol. The lowest BCUT2D eigenvalue weighted by atomic mass is 10.1. The molecule has 0 atom stereocenters. The molecule has 1 amide bonds. The van der Waals surface area contributed by atoms with Crippen LogP contribution in [0.2, 0.25) is 5.02 Å². The van der Waals surface area contributed by atoms with Gasteiger partial charge in [0.15, 0.2) is 0 Å². The molecule has 1 rings (SSSR count). The second kappa shape index (κ2) is 6.21. The minimum Gasteiger partial charge on any atom is -0.444 e. The zero-order chi connectivity index (χ0) is 14.6. The van der Waals surface area contributed by atoms with Crippen molar-refractivity contribution < 1.29 is 9.53 Å². The van der Waals surface area contributed by atoms with E-state index in [-0.39, 0.29) is 0 Å². The Hall–Kier alpha value is -1.33. The van der Waals surface area contributed by atoms with E-state index >= 15 is 0 Å². The van der Waals surface area contributed by atoms with E-state index in [1.165, 1.54) is 0 Å². The normalized spacial score (nSPS) is 10.9. The van der Waals surface area contributed by atoms with Crippen molar-refractivity contribution in [2.45, 2.75) is 32.8 Å². The Morgan fingerprint density at radius 1 is 1.47 bits per heavy atom. The molecule has 0 saturated heterocycles. The molecule has 104 valence electrons. The Labute approximate surface area is 123 Å². The van der Waals surface area contributed by atoms with E-state index in [1.54, 1.807) is 39.0 Å². The number of halogens is 1. The van der Waals surface area contributed by atoms with E-state index in [2.05, 4.69) is 5.32 Å². The molecule has 0 radical (unpaired) electrons. The van der Waals surface area contributed by atoms with Crippen LogP contribution >= 0.6 is 23.8 Å². The second-order valence-corrected chi connectivity index (χ2v) is 6.03. The maximum atomic E-state index is 11.7. The Bertz CT molecular complexity index is 498. The van der Waals surface area contributed by atoms with E-state index in [0.717, 1.165) is 5.56 Å². The van der Waals surface area contributed by atoms with Crippen LogP contribution < -0.4 is 11.1 Å². The molecule has 0 heterocycles. The van der Waals surface area contributed by atoms with E-state index in [4.69, 9.17) is 34.3 Å². The summed E-state index contributed by atoms with van der Waals surface area (Å²) < 4.78 is 5.18. The van der Waals surface area contributed by atoms with Crippen molar-refractivity contribution in [3.63, 3.8) is 0 Å². The summed E-state index contributed by atoms with van der Waals surface area (Å²) in [6, 6.07) is 5.13. The summed E-state index contributed by atoms with van der Waals surface area (Å²) in [5.41, 5.74) is 6.30. The monoisotopic (exact) mass is 300 g/mol. The van der Waals surface area contributed by atoms with Crippen molar-refractivity contribution in [1.82, 2.24) is 0 Å². The van der Waals surface area contributed by atoms with Gasteiger partial charge < -0.3 is 10.5 Å². The SMILES string of the molecule is CC(C)(C)OC(=O)Nc1cc(Cl)ccc1CC(N)=S. The van der Waals surface area contributed by atoms with Gasteiger partial charge >= 0.3 is 6.09 Å². The fourth-order valence-electron chi connectivity index (χ4n) is 1.42. The van der Waals surface area contributed by atoms with Gasteiger partial charge in [-0.1, -0.05) is 29.9 Å². The molecule has 1 aromatic rings. The van der Waals surface area contributed by atoms with Crippen LogP contribution in [-0.4, -0.2) is 16.7 Å². The molecule has 0 bridgehead atoms. The first kappa shape index (κ1) is 15.7. The fourth-order valence-corrected chi connectivity index (χ4v) is 1.75. The van der Waals surface area contributed by atoms with Crippen LogP contribution in [0.15, 0.2) is 18.2 Å². The highest BCUT2D eigenvalue weighted by Gasteiger charge is 2.17. The zero-order valence-corrected chi connectivity index (χ0v) is 12.7. The molecule has 0 unspecified atom stereocenters. The molecule has 0 aromatic heterocycles. The number of carbonyl (C=O) groups excluding carboxylic acids is 1. The molecule has 1 aromatic carbocycles. The van der Waals surface area contributed by atoms with Crippen molar-refractivity contribution in [1.29, 1.82) is 0 Å². The average Bonchev–Trinajstić information content (AvgIpc) is 2.18. The lowest BCUT2D eigenvalue weighted by molar-refractivity contribution is 0.0636. The van der Waals surface area contributed by atoms with Crippen molar-refractivity contribution in [3.05, 3.63) is 28.8 Å². The molecular formula is C13H17ClN2O2S. The largest absolute Gasteiger partial charge is 0.444 e. The van der Waals surface area contributed by atoms with Crippen molar-refractivity contribution in [2.24, 2.45) is 5.73 Å². The van der Waals surface area contributed by atoms with Crippen molar-refractivity contribution in [3.8, 4) is 0 Å². The highest BCUT2D eigenvalue weighted by Crippen LogP contribution is 2.22. The van der Waals surface area contributed by atoms with E-state index in [0.29, 0.717) is 22.1 Å². The number of anilines is 1. The van der Waals surface area contributed by atoms with Gasteiger partial charge in [-0.3, -0.25) is 5.32 Å². The minimum absolute atomic E-state index is 0.342. The third-order valence-corrected chi connectivity index (χ3v) is 2.45. The van der Waals surface area contributed by atoms with Gasteiger partial charge in [0, 0.05) is 17.1 Å². The Morgan fingerprint density at radius 2 is 2.11 bits per heavy atom. The van der Waals surface area contributed by atoms with Gasteiger partial charge in [-0.05, 0) is 38.5 Å². The van der Waals surface area contributed by atoms with Gasteiger partial charge in [0.2, 0.25) is 0 Å². The number of nitrogens with one attached hydrogen (secondary N) is 1. The number of rotatable bonds is 3. The van der Waals surface area contributed by atoms with Crippen LogP contribution in [0.3, 0.4) is 0 Å². The summed E-state index contributed by atoms with van der Waals surface area (Å²) in [5.74, 6) is 0. The molecule has 0 aliphatic carbocycles. The van der Waals surface area contributed by atoms with Gasteiger partial charge in [0.25, 0.3) is 0 Å². The predicted molar refractivity (Wildman–Crippen MR) is 81.8 cm³/mol. The summed E-state index contributed by atoms with van der Waals surface area (Å²) in [5, 5.41) is 3.16. The topological polar surface area (TPSA) is 64.3 Å². The summed E-state index contributed by atoms with van der Waals surface area (Å²) in [4.78, 5) is 12.1. The highest BCUT2D eigenvalue weighted by atomic mass is 35.5.